The Morgan fingerprint density at radius 2 is 2.21 bits per heavy atom. The summed E-state index contributed by atoms with van der Waals surface area (Å²) < 4.78 is 0. The van der Waals surface area contributed by atoms with E-state index in [0.717, 1.165) is 6.07 Å². The molecule has 1 aromatic heterocycles. The monoisotopic (exact) mass is 345 g/mol. The average Bonchev–Trinajstić information content (AvgIpc) is 2.53. The van der Waals surface area contributed by atoms with Gasteiger partial charge in [0.25, 0.3) is 11.2 Å². The van der Waals surface area contributed by atoms with Crippen molar-refractivity contribution >= 4 is 29.0 Å². The highest BCUT2D eigenvalue weighted by Crippen LogP contribution is 2.31. The van der Waals surface area contributed by atoms with Gasteiger partial charge < -0.3 is 10.3 Å². The summed E-state index contributed by atoms with van der Waals surface area (Å²) in [5, 5.41) is 23.0. The molecule has 0 radical (unpaired) electrons. The highest BCUT2D eigenvalue weighted by Gasteiger charge is 2.20. The number of nitrogens with one attached hydrogen (secondary N) is 2. The molecular formula is C14H11N5O4S. The maximum absolute atomic E-state index is 11.9. The number of amides is 1. The van der Waals surface area contributed by atoms with Crippen molar-refractivity contribution in [2.24, 2.45) is 0 Å². The summed E-state index contributed by atoms with van der Waals surface area (Å²) in [5.74, 6) is -0.456. The fourth-order valence-electron chi connectivity index (χ4n) is 1.99. The third-order valence-corrected chi connectivity index (χ3v) is 3.56. The first-order valence-corrected chi connectivity index (χ1v) is 7.74. The maximum atomic E-state index is 11.9. The molecule has 9 nitrogen and oxygen atoms in total. The van der Waals surface area contributed by atoms with Gasteiger partial charge in [-0.25, -0.2) is 4.98 Å². The van der Waals surface area contributed by atoms with Gasteiger partial charge in [0, 0.05) is 18.6 Å². The summed E-state index contributed by atoms with van der Waals surface area (Å²) in [6.45, 7) is 1.23. The second kappa shape index (κ2) is 6.93. The van der Waals surface area contributed by atoms with E-state index >= 15 is 0 Å². The van der Waals surface area contributed by atoms with Crippen molar-refractivity contribution in [3.05, 3.63) is 44.2 Å². The molecule has 0 saturated heterocycles. The minimum atomic E-state index is -0.663. The van der Waals surface area contributed by atoms with E-state index in [1.165, 1.54) is 30.8 Å². The largest absolute Gasteiger partial charge is 0.321 e. The van der Waals surface area contributed by atoms with Gasteiger partial charge in [-0.15, -0.1) is 0 Å². The summed E-state index contributed by atoms with van der Waals surface area (Å²) in [7, 11) is 0. The van der Waals surface area contributed by atoms with Crippen molar-refractivity contribution < 1.29 is 9.72 Å². The zero-order valence-corrected chi connectivity index (χ0v) is 13.4. The van der Waals surface area contributed by atoms with E-state index in [-0.39, 0.29) is 33.4 Å². The van der Waals surface area contributed by atoms with E-state index in [1.807, 2.05) is 0 Å². The number of hydrogen-bond acceptors (Lipinski definition) is 7. The smallest absolute Gasteiger partial charge is 0.293 e. The van der Waals surface area contributed by atoms with Crippen molar-refractivity contribution in [1.82, 2.24) is 9.97 Å². The molecule has 24 heavy (non-hydrogen) atoms. The van der Waals surface area contributed by atoms with Gasteiger partial charge in [0.05, 0.1) is 10.6 Å². The Labute approximate surface area is 139 Å². The van der Waals surface area contributed by atoms with Crippen LogP contribution in [0, 0.1) is 21.4 Å². The standard InChI is InChI=1S/C14H11N5O4S/c1-7(20)16-10-4-3-8(5-11(10)19(22)23)12-9(6-15)13(21)18-14(17-12)24-2/h3-5H,1-2H3,(H,16,20)(H,17,18,21). The van der Waals surface area contributed by atoms with E-state index in [0.29, 0.717) is 0 Å². The molecule has 122 valence electrons. The Morgan fingerprint density at radius 3 is 2.75 bits per heavy atom. The molecule has 2 N–H and O–H groups in total. The summed E-state index contributed by atoms with van der Waals surface area (Å²) in [6, 6.07) is 5.70. The first-order chi connectivity index (χ1) is 11.4. The van der Waals surface area contributed by atoms with Gasteiger partial charge in [-0.3, -0.25) is 19.7 Å². The van der Waals surface area contributed by atoms with E-state index in [4.69, 9.17) is 5.26 Å². The average molecular weight is 345 g/mol. The number of nitriles is 1. The van der Waals surface area contributed by atoms with Crippen LogP contribution in [-0.4, -0.2) is 27.1 Å². The van der Waals surface area contributed by atoms with Gasteiger partial charge in [-0.05, 0) is 12.3 Å². The molecule has 0 atom stereocenters. The number of H-pyrrole nitrogens is 1. The Hall–Kier alpha value is -3.19. The number of rotatable bonds is 4. The van der Waals surface area contributed by atoms with E-state index in [2.05, 4.69) is 15.3 Å². The molecule has 1 heterocycles. The number of aromatic amines is 1. The Kier molecular flexibility index (Phi) is 4.96. The molecule has 1 amide bonds. The van der Waals surface area contributed by atoms with Crippen molar-refractivity contribution in [3.8, 4) is 17.3 Å². The fraction of sp³-hybridized carbons (Fsp3) is 0.143. The van der Waals surface area contributed by atoms with Crippen LogP contribution in [0.4, 0.5) is 11.4 Å². The van der Waals surface area contributed by atoms with Crippen LogP contribution in [0.5, 0.6) is 0 Å². The van der Waals surface area contributed by atoms with Gasteiger partial charge in [0.1, 0.15) is 17.3 Å². The number of benzene rings is 1. The molecule has 0 fully saturated rings. The molecule has 0 aliphatic rings. The van der Waals surface area contributed by atoms with Crippen LogP contribution >= 0.6 is 11.8 Å². The number of anilines is 1. The predicted octanol–water partition coefficient (Wildman–Crippen LogP) is 1.90. The van der Waals surface area contributed by atoms with Crippen LogP contribution in [0.15, 0.2) is 28.2 Å². The second-order valence-corrected chi connectivity index (χ2v) is 5.38. The number of nitrogens with zero attached hydrogens (tertiary/aromatic N) is 3. The molecule has 0 aliphatic heterocycles. The second-order valence-electron chi connectivity index (χ2n) is 4.58. The van der Waals surface area contributed by atoms with Gasteiger partial charge in [-0.1, -0.05) is 17.8 Å². The minimum Gasteiger partial charge on any atom is -0.321 e. The quantitative estimate of drug-likeness (QED) is 0.373. The van der Waals surface area contributed by atoms with Gasteiger partial charge >= 0.3 is 0 Å². The van der Waals surface area contributed by atoms with Crippen LogP contribution in [0.3, 0.4) is 0 Å². The summed E-state index contributed by atoms with van der Waals surface area (Å²) in [4.78, 5) is 40.2. The zero-order valence-electron chi connectivity index (χ0n) is 12.6. The first-order valence-electron chi connectivity index (χ1n) is 6.52. The summed E-state index contributed by atoms with van der Waals surface area (Å²) in [5.41, 5.74) is -0.935. The lowest BCUT2D eigenvalue weighted by atomic mass is 10.1. The highest BCUT2D eigenvalue weighted by atomic mass is 32.2. The third-order valence-electron chi connectivity index (χ3n) is 2.98. The lowest BCUT2D eigenvalue weighted by molar-refractivity contribution is -0.383. The van der Waals surface area contributed by atoms with Gasteiger partial charge in [-0.2, -0.15) is 5.26 Å². The van der Waals surface area contributed by atoms with Crippen LogP contribution in [0.25, 0.3) is 11.3 Å². The number of nitro groups is 1. The molecule has 0 unspecified atom stereocenters. The lowest BCUT2D eigenvalue weighted by Crippen LogP contribution is -2.14. The molecule has 0 aliphatic carbocycles. The SMILES string of the molecule is CSc1nc(-c2ccc(NC(C)=O)c([N+](=O)[O-])c2)c(C#N)c(=O)[nH]1. The molecular weight excluding hydrogens is 334 g/mol. The minimum absolute atomic E-state index is 0.0182. The third kappa shape index (κ3) is 3.41. The summed E-state index contributed by atoms with van der Waals surface area (Å²) >= 11 is 1.17. The molecule has 0 bridgehead atoms. The Morgan fingerprint density at radius 1 is 1.50 bits per heavy atom. The van der Waals surface area contributed by atoms with Crippen molar-refractivity contribution in [3.63, 3.8) is 0 Å². The van der Waals surface area contributed by atoms with Crippen molar-refractivity contribution in [2.45, 2.75) is 12.1 Å². The van der Waals surface area contributed by atoms with Crippen LogP contribution < -0.4 is 10.9 Å². The number of hydrogen-bond donors (Lipinski definition) is 2. The number of thioether (sulfide) groups is 1. The number of carbonyl (C=O) groups excluding carboxylic acids is 1. The van der Waals surface area contributed by atoms with Crippen molar-refractivity contribution in [1.29, 1.82) is 5.26 Å². The lowest BCUT2D eigenvalue weighted by Gasteiger charge is -2.08. The Balaban J connectivity index is 2.70. The topological polar surface area (TPSA) is 142 Å². The normalized spacial score (nSPS) is 10.0. The molecule has 2 aromatic rings. The Bertz CT molecular complexity index is 932. The van der Waals surface area contributed by atoms with Gasteiger partial charge in [0.2, 0.25) is 5.91 Å². The van der Waals surface area contributed by atoms with Crippen LogP contribution in [0.2, 0.25) is 0 Å². The number of aromatic nitrogens is 2. The van der Waals surface area contributed by atoms with E-state index < -0.39 is 16.4 Å². The van der Waals surface area contributed by atoms with Crippen LogP contribution in [-0.2, 0) is 4.79 Å². The zero-order chi connectivity index (χ0) is 17.9. The van der Waals surface area contributed by atoms with E-state index in [9.17, 15) is 19.7 Å². The van der Waals surface area contributed by atoms with Gasteiger partial charge in [0.15, 0.2) is 5.16 Å². The number of carbonyl (C=O) groups is 1. The van der Waals surface area contributed by atoms with Crippen LogP contribution in [0.1, 0.15) is 12.5 Å². The fourth-order valence-corrected chi connectivity index (χ4v) is 2.36. The maximum Gasteiger partial charge on any atom is 0.293 e. The van der Waals surface area contributed by atoms with E-state index in [1.54, 1.807) is 12.3 Å². The molecule has 0 saturated carbocycles. The van der Waals surface area contributed by atoms with Crippen molar-refractivity contribution in [2.75, 3.05) is 11.6 Å². The molecule has 1 aromatic carbocycles. The predicted molar refractivity (Wildman–Crippen MR) is 87.7 cm³/mol. The highest BCUT2D eigenvalue weighted by molar-refractivity contribution is 7.98. The number of nitro benzene ring substituents is 1. The molecule has 2 rings (SSSR count). The summed E-state index contributed by atoms with van der Waals surface area (Å²) in [6.07, 6.45) is 1.69. The first kappa shape index (κ1) is 17.2. The molecule has 10 heteroatoms. The molecule has 0 spiro atoms.